The van der Waals surface area contributed by atoms with E-state index in [0.717, 1.165) is 48.3 Å². The SMILES string of the molecule is Cc1cc(/C=C(\C#N)Sc2nc3ccccc3s2)c(C)n1-c1ccc(-c2ccc([N+](=O)[O-])cc2)cc1. The van der Waals surface area contributed by atoms with Crippen molar-refractivity contribution in [3.05, 3.63) is 111 Å². The molecule has 0 atom stereocenters. The number of nitriles is 1. The van der Waals surface area contributed by atoms with Crippen LogP contribution in [-0.4, -0.2) is 14.5 Å². The highest BCUT2D eigenvalue weighted by Crippen LogP contribution is 2.35. The van der Waals surface area contributed by atoms with Gasteiger partial charge in [-0.25, -0.2) is 4.98 Å². The van der Waals surface area contributed by atoms with Crippen LogP contribution in [-0.2, 0) is 0 Å². The maximum absolute atomic E-state index is 10.9. The second kappa shape index (κ2) is 9.82. The molecule has 5 rings (SSSR count). The van der Waals surface area contributed by atoms with Crippen LogP contribution in [0.15, 0.2) is 88.1 Å². The molecule has 0 N–H and O–H groups in total. The molecular formula is C28H20N4O2S2. The smallest absolute Gasteiger partial charge is 0.269 e. The molecule has 176 valence electrons. The fourth-order valence-corrected chi connectivity index (χ4v) is 6.09. The first-order valence-corrected chi connectivity index (χ1v) is 12.8. The van der Waals surface area contributed by atoms with Gasteiger partial charge in [-0.05, 0) is 90.8 Å². The summed E-state index contributed by atoms with van der Waals surface area (Å²) in [6.45, 7) is 4.09. The number of thiazole rings is 1. The molecule has 2 aromatic heterocycles. The van der Waals surface area contributed by atoms with E-state index in [-0.39, 0.29) is 5.69 Å². The molecule has 8 heteroatoms. The Balaban J connectivity index is 1.41. The van der Waals surface area contributed by atoms with Crippen LogP contribution in [0.3, 0.4) is 0 Å². The summed E-state index contributed by atoms with van der Waals surface area (Å²) in [7, 11) is 0. The zero-order valence-corrected chi connectivity index (χ0v) is 21.1. The summed E-state index contributed by atoms with van der Waals surface area (Å²) >= 11 is 2.97. The van der Waals surface area contributed by atoms with Gasteiger partial charge >= 0.3 is 0 Å². The van der Waals surface area contributed by atoms with Crippen LogP contribution in [0.1, 0.15) is 17.0 Å². The number of aryl methyl sites for hydroxylation is 1. The standard InChI is InChI=1S/C28H20N4O2S2/c1-18-15-22(16-25(17-29)35-28-30-26-5-3-4-6-27(26)36-28)19(2)31(18)23-11-7-20(8-12-23)21-9-13-24(14-10-21)32(33)34/h3-16H,1-2H3/b25-16+. The molecule has 3 aromatic carbocycles. The van der Waals surface area contributed by atoms with Gasteiger partial charge in [-0.1, -0.05) is 24.3 Å². The average molecular weight is 509 g/mol. The van der Waals surface area contributed by atoms with Crippen molar-refractivity contribution in [1.29, 1.82) is 5.26 Å². The van der Waals surface area contributed by atoms with E-state index in [1.165, 1.54) is 23.9 Å². The summed E-state index contributed by atoms with van der Waals surface area (Å²) in [5, 5.41) is 20.7. The van der Waals surface area contributed by atoms with Crippen molar-refractivity contribution < 1.29 is 4.92 Å². The van der Waals surface area contributed by atoms with E-state index in [2.05, 4.69) is 21.7 Å². The number of nitro benzene ring substituents is 1. The molecule has 0 unspecified atom stereocenters. The molecule has 0 aliphatic rings. The van der Waals surface area contributed by atoms with Crippen molar-refractivity contribution >= 4 is 45.1 Å². The highest BCUT2D eigenvalue weighted by atomic mass is 32.2. The lowest BCUT2D eigenvalue weighted by Crippen LogP contribution is -1.99. The van der Waals surface area contributed by atoms with Crippen LogP contribution in [0, 0.1) is 35.3 Å². The van der Waals surface area contributed by atoms with Crippen LogP contribution < -0.4 is 0 Å². The van der Waals surface area contributed by atoms with Crippen LogP contribution in [0.5, 0.6) is 0 Å². The van der Waals surface area contributed by atoms with Gasteiger partial charge in [-0.3, -0.25) is 10.1 Å². The Morgan fingerprint density at radius 2 is 1.72 bits per heavy atom. The van der Waals surface area contributed by atoms with Gasteiger partial charge in [0, 0.05) is 29.2 Å². The molecule has 6 nitrogen and oxygen atoms in total. The minimum atomic E-state index is -0.397. The Hall–Kier alpha value is -4.19. The second-order valence-corrected chi connectivity index (χ2v) is 10.5. The maximum Gasteiger partial charge on any atom is 0.269 e. The molecule has 0 aliphatic carbocycles. The molecule has 0 spiro atoms. The number of thioether (sulfide) groups is 1. The summed E-state index contributed by atoms with van der Waals surface area (Å²) in [6, 6.07) is 27.0. The number of allylic oxidation sites excluding steroid dienone is 1. The number of hydrogen-bond donors (Lipinski definition) is 0. The van der Waals surface area contributed by atoms with Gasteiger partial charge in [0.2, 0.25) is 0 Å². The highest BCUT2D eigenvalue weighted by molar-refractivity contribution is 8.05. The molecule has 36 heavy (non-hydrogen) atoms. The molecule has 0 fully saturated rings. The van der Waals surface area contributed by atoms with Crippen LogP contribution in [0.2, 0.25) is 0 Å². The van der Waals surface area contributed by atoms with Gasteiger partial charge in [0.15, 0.2) is 4.34 Å². The van der Waals surface area contributed by atoms with Crippen molar-refractivity contribution in [1.82, 2.24) is 9.55 Å². The van der Waals surface area contributed by atoms with E-state index >= 15 is 0 Å². The number of nitro groups is 1. The van der Waals surface area contributed by atoms with Crippen molar-refractivity contribution in [2.45, 2.75) is 18.2 Å². The molecule has 0 amide bonds. The van der Waals surface area contributed by atoms with Crippen molar-refractivity contribution in [3.8, 4) is 22.9 Å². The Morgan fingerprint density at radius 3 is 2.36 bits per heavy atom. The van der Waals surface area contributed by atoms with Crippen LogP contribution in [0.25, 0.3) is 33.1 Å². The van der Waals surface area contributed by atoms with Crippen molar-refractivity contribution in [2.24, 2.45) is 0 Å². The number of fused-ring (bicyclic) bond motifs is 1. The van der Waals surface area contributed by atoms with E-state index in [0.29, 0.717) is 4.91 Å². The Labute approximate surface area is 216 Å². The maximum atomic E-state index is 10.9. The van der Waals surface area contributed by atoms with Gasteiger partial charge in [0.05, 0.1) is 20.0 Å². The number of hydrogen-bond acceptors (Lipinski definition) is 6. The van der Waals surface area contributed by atoms with E-state index in [4.69, 9.17) is 0 Å². The molecular weight excluding hydrogens is 488 g/mol. The van der Waals surface area contributed by atoms with Crippen molar-refractivity contribution in [3.63, 3.8) is 0 Å². The number of non-ortho nitro benzene ring substituents is 1. The van der Waals surface area contributed by atoms with Gasteiger partial charge < -0.3 is 4.57 Å². The lowest BCUT2D eigenvalue weighted by atomic mass is 10.0. The zero-order valence-electron chi connectivity index (χ0n) is 19.5. The summed E-state index contributed by atoms with van der Waals surface area (Å²) in [6.07, 6.45) is 1.92. The Bertz CT molecular complexity index is 1620. The highest BCUT2D eigenvalue weighted by Gasteiger charge is 2.13. The normalized spacial score (nSPS) is 11.5. The number of rotatable bonds is 6. The van der Waals surface area contributed by atoms with Gasteiger partial charge in [-0.15, -0.1) is 11.3 Å². The monoisotopic (exact) mass is 508 g/mol. The lowest BCUT2D eigenvalue weighted by Gasteiger charge is -2.11. The Morgan fingerprint density at radius 1 is 1.06 bits per heavy atom. The van der Waals surface area contributed by atoms with E-state index in [9.17, 15) is 15.4 Å². The average Bonchev–Trinajstić information content (AvgIpc) is 3.42. The largest absolute Gasteiger partial charge is 0.318 e. The molecule has 0 radical (unpaired) electrons. The number of para-hydroxylation sites is 1. The summed E-state index contributed by atoms with van der Waals surface area (Å²) in [4.78, 5) is 15.7. The van der Waals surface area contributed by atoms with Crippen molar-refractivity contribution in [2.75, 3.05) is 0 Å². The fourth-order valence-electron chi connectivity index (χ4n) is 4.12. The number of benzene rings is 3. The second-order valence-electron chi connectivity index (χ2n) is 8.18. The topological polar surface area (TPSA) is 84.8 Å². The first-order chi connectivity index (χ1) is 17.4. The fraction of sp³-hybridized carbons (Fsp3) is 0.0714. The zero-order chi connectivity index (χ0) is 25.2. The third kappa shape index (κ3) is 4.67. The Kier molecular flexibility index (Phi) is 6.42. The van der Waals surface area contributed by atoms with Crippen LogP contribution in [0.4, 0.5) is 5.69 Å². The predicted octanol–water partition coefficient (Wildman–Crippen LogP) is 7.94. The summed E-state index contributed by atoms with van der Waals surface area (Å²) in [5.41, 5.74) is 7.00. The predicted molar refractivity (Wildman–Crippen MR) is 146 cm³/mol. The van der Waals surface area contributed by atoms with Gasteiger partial charge in [0.25, 0.3) is 5.69 Å². The minimum Gasteiger partial charge on any atom is -0.318 e. The van der Waals surface area contributed by atoms with E-state index in [1.807, 2.05) is 68.5 Å². The molecule has 2 heterocycles. The first kappa shape index (κ1) is 23.5. The third-order valence-electron chi connectivity index (χ3n) is 5.88. The van der Waals surface area contributed by atoms with Gasteiger partial charge in [-0.2, -0.15) is 5.26 Å². The van der Waals surface area contributed by atoms with Crippen LogP contribution >= 0.6 is 23.1 Å². The number of aromatic nitrogens is 2. The molecule has 5 aromatic rings. The quantitative estimate of drug-likeness (QED) is 0.101. The molecule has 0 saturated heterocycles. The summed E-state index contributed by atoms with van der Waals surface area (Å²) < 4.78 is 4.11. The summed E-state index contributed by atoms with van der Waals surface area (Å²) in [5.74, 6) is 0. The van der Waals surface area contributed by atoms with E-state index < -0.39 is 4.92 Å². The van der Waals surface area contributed by atoms with E-state index in [1.54, 1.807) is 23.5 Å². The first-order valence-electron chi connectivity index (χ1n) is 11.1. The molecule has 0 aliphatic heterocycles. The minimum absolute atomic E-state index is 0.0765. The van der Waals surface area contributed by atoms with Gasteiger partial charge in [0.1, 0.15) is 6.07 Å². The number of nitrogens with zero attached hydrogens (tertiary/aromatic N) is 4. The molecule has 0 bridgehead atoms. The molecule has 0 saturated carbocycles. The third-order valence-corrected chi connectivity index (χ3v) is 7.90. The lowest BCUT2D eigenvalue weighted by molar-refractivity contribution is -0.384.